The van der Waals surface area contributed by atoms with Crippen molar-refractivity contribution in [3.63, 3.8) is 0 Å². The molecule has 0 bridgehead atoms. The fraction of sp³-hybridized carbons (Fsp3) is 0.176. The van der Waals surface area contributed by atoms with E-state index in [1.165, 1.54) is 11.1 Å². The quantitative estimate of drug-likeness (QED) is 0.754. The van der Waals surface area contributed by atoms with Crippen LogP contribution in [-0.4, -0.2) is 14.5 Å². The monoisotopic (exact) mass is 295 g/mol. The molecule has 21 heavy (non-hydrogen) atoms. The van der Waals surface area contributed by atoms with Gasteiger partial charge in [0.05, 0.1) is 17.4 Å². The second-order valence-electron chi connectivity index (χ2n) is 5.36. The summed E-state index contributed by atoms with van der Waals surface area (Å²) >= 11 is 5.04. The number of hydrogen-bond acceptors (Lipinski definition) is 2. The number of aromatic nitrogens is 2. The van der Waals surface area contributed by atoms with Crippen molar-refractivity contribution in [2.24, 2.45) is 5.73 Å². The Kier molecular flexibility index (Phi) is 3.47. The summed E-state index contributed by atoms with van der Waals surface area (Å²) in [6.07, 6.45) is 1.89. The van der Waals surface area contributed by atoms with Gasteiger partial charge in [-0.2, -0.15) is 0 Å². The van der Waals surface area contributed by atoms with Crippen molar-refractivity contribution in [3.8, 4) is 0 Å². The molecule has 0 atom stereocenters. The molecule has 0 aliphatic carbocycles. The van der Waals surface area contributed by atoms with Crippen molar-refractivity contribution in [3.05, 3.63) is 65.0 Å². The molecule has 3 nitrogen and oxygen atoms in total. The molecule has 0 saturated carbocycles. The zero-order valence-electron chi connectivity index (χ0n) is 12.1. The van der Waals surface area contributed by atoms with Gasteiger partial charge in [0.1, 0.15) is 4.99 Å². The van der Waals surface area contributed by atoms with Gasteiger partial charge in [0.25, 0.3) is 0 Å². The van der Waals surface area contributed by atoms with Gasteiger partial charge in [0, 0.05) is 12.1 Å². The van der Waals surface area contributed by atoms with Gasteiger partial charge >= 0.3 is 0 Å². The zero-order valence-corrected chi connectivity index (χ0v) is 12.9. The summed E-state index contributed by atoms with van der Waals surface area (Å²) in [5, 5.41) is 0. The average molecular weight is 295 g/mol. The molecule has 3 aromatic rings. The molecule has 0 amide bonds. The van der Waals surface area contributed by atoms with Gasteiger partial charge < -0.3 is 10.3 Å². The summed E-state index contributed by atoms with van der Waals surface area (Å²) < 4.78 is 2.15. The van der Waals surface area contributed by atoms with Crippen LogP contribution in [0.15, 0.2) is 42.7 Å². The van der Waals surface area contributed by atoms with E-state index >= 15 is 0 Å². The number of nitrogens with two attached hydrogens (primary N) is 1. The van der Waals surface area contributed by atoms with Gasteiger partial charge in [-0.3, -0.25) is 0 Å². The van der Waals surface area contributed by atoms with Gasteiger partial charge in [-0.15, -0.1) is 0 Å². The van der Waals surface area contributed by atoms with E-state index in [1.54, 1.807) is 0 Å². The highest BCUT2D eigenvalue weighted by Gasteiger charge is 2.06. The van der Waals surface area contributed by atoms with Gasteiger partial charge in [-0.25, -0.2) is 4.98 Å². The van der Waals surface area contributed by atoms with Crippen LogP contribution in [0.1, 0.15) is 22.3 Å². The van der Waals surface area contributed by atoms with Gasteiger partial charge in [0.2, 0.25) is 0 Å². The van der Waals surface area contributed by atoms with Crippen molar-refractivity contribution in [1.82, 2.24) is 9.55 Å². The van der Waals surface area contributed by atoms with Crippen molar-refractivity contribution >= 4 is 28.2 Å². The molecule has 0 spiro atoms. The molecular formula is C17H17N3S. The summed E-state index contributed by atoms with van der Waals surface area (Å²) in [6, 6.07) is 12.4. The molecule has 0 fully saturated rings. The topological polar surface area (TPSA) is 43.8 Å². The predicted octanol–water partition coefficient (Wildman–Crippen LogP) is 3.34. The average Bonchev–Trinajstić information content (AvgIpc) is 2.82. The Balaban J connectivity index is 2.00. The van der Waals surface area contributed by atoms with E-state index in [-0.39, 0.29) is 0 Å². The largest absolute Gasteiger partial charge is 0.389 e. The summed E-state index contributed by atoms with van der Waals surface area (Å²) in [7, 11) is 0. The van der Waals surface area contributed by atoms with Crippen LogP contribution >= 0.6 is 12.2 Å². The minimum atomic E-state index is 0.429. The highest BCUT2D eigenvalue weighted by Crippen LogP contribution is 2.19. The normalized spacial score (nSPS) is 11.0. The first-order chi connectivity index (χ1) is 10.0. The maximum Gasteiger partial charge on any atom is 0.103 e. The Morgan fingerprint density at radius 1 is 1.19 bits per heavy atom. The molecule has 4 heteroatoms. The second-order valence-corrected chi connectivity index (χ2v) is 5.80. The maximum absolute atomic E-state index is 5.70. The molecule has 2 aromatic carbocycles. The van der Waals surface area contributed by atoms with Gasteiger partial charge in [-0.05, 0) is 48.7 Å². The Hall–Kier alpha value is -2.20. The first-order valence-corrected chi connectivity index (χ1v) is 7.26. The Morgan fingerprint density at radius 2 is 1.95 bits per heavy atom. The Labute approximate surface area is 129 Å². The Morgan fingerprint density at radius 3 is 2.71 bits per heavy atom. The lowest BCUT2D eigenvalue weighted by molar-refractivity contribution is 0.824. The van der Waals surface area contributed by atoms with E-state index in [0.29, 0.717) is 4.99 Å². The van der Waals surface area contributed by atoms with Crippen molar-refractivity contribution in [2.45, 2.75) is 20.4 Å². The summed E-state index contributed by atoms with van der Waals surface area (Å²) in [6.45, 7) is 4.99. The lowest BCUT2D eigenvalue weighted by atomic mass is 10.1. The molecule has 0 aliphatic rings. The number of fused-ring (bicyclic) bond motifs is 1. The van der Waals surface area contributed by atoms with E-state index in [9.17, 15) is 0 Å². The van der Waals surface area contributed by atoms with Crippen LogP contribution in [0.2, 0.25) is 0 Å². The molecular weight excluding hydrogens is 278 g/mol. The van der Waals surface area contributed by atoms with Crippen LogP contribution in [0.5, 0.6) is 0 Å². The first-order valence-electron chi connectivity index (χ1n) is 6.85. The predicted molar refractivity (Wildman–Crippen MR) is 90.6 cm³/mol. The van der Waals surface area contributed by atoms with Crippen LogP contribution < -0.4 is 5.73 Å². The van der Waals surface area contributed by atoms with Crippen LogP contribution in [0.25, 0.3) is 11.0 Å². The van der Waals surface area contributed by atoms with Crippen molar-refractivity contribution in [1.29, 1.82) is 0 Å². The number of aryl methyl sites for hydroxylation is 2. The second kappa shape index (κ2) is 5.30. The van der Waals surface area contributed by atoms with E-state index in [0.717, 1.165) is 28.7 Å². The summed E-state index contributed by atoms with van der Waals surface area (Å²) in [4.78, 5) is 4.92. The minimum Gasteiger partial charge on any atom is -0.389 e. The van der Waals surface area contributed by atoms with Gasteiger partial charge in [-0.1, -0.05) is 30.4 Å². The molecule has 1 heterocycles. The van der Waals surface area contributed by atoms with Crippen molar-refractivity contribution in [2.75, 3.05) is 0 Å². The van der Waals surface area contributed by atoms with Crippen LogP contribution in [-0.2, 0) is 6.54 Å². The third-order valence-electron chi connectivity index (χ3n) is 3.80. The molecule has 0 saturated heterocycles. The minimum absolute atomic E-state index is 0.429. The number of nitrogens with zero attached hydrogens (tertiary/aromatic N) is 2. The van der Waals surface area contributed by atoms with Crippen LogP contribution in [0.3, 0.4) is 0 Å². The molecule has 0 radical (unpaired) electrons. The van der Waals surface area contributed by atoms with Crippen LogP contribution in [0.4, 0.5) is 0 Å². The van der Waals surface area contributed by atoms with E-state index in [4.69, 9.17) is 18.0 Å². The molecule has 3 rings (SSSR count). The van der Waals surface area contributed by atoms with E-state index in [1.807, 2.05) is 24.5 Å². The maximum atomic E-state index is 5.70. The number of benzene rings is 2. The van der Waals surface area contributed by atoms with Gasteiger partial charge in [0.15, 0.2) is 0 Å². The lowest BCUT2D eigenvalue weighted by Gasteiger charge is -2.08. The molecule has 0 unspecified atom stereocenters. The zero-order chi connectivity index (χ0) is 15.0. The molecule has 1 aromatic heterocycles. The number of imidazole rings is 1. The number of hydrogen-bond donors (Lipinski definition) is 1. The third-order valence-corrected chi connectivity index (χ3v) is 4.04. The number of thiocarbonyl (C=S) groups is 1. The smallest absolute Gasteiger partial charge is 0.103 e. The summed E-state index contributed by atoms with van der Waals surface area (Å²) in [5.74, 6) is 0. The fourth-order valence-electron chi connectivity index (χ4n) is 2.46. The first kappa shape index (κ1) is 13.8. The third kappa shape index (κ3) is 2.67. The summed E-state index contributed by atoms with van der Waals surface area (Å²) in [5.41, 5.74) is 12.5. The number of rotatable bonds is 3. The lowest BCUT2D eigenvalue weighted by Crippen LogP contribution is -2.10. The molecule has 2 N–H and O–H groups in total. The van der Waals surface area contributed by atoms with Crippen molar-refractivity contribution < 1.29 is 0 Å². The standard InChI is InChI=1S/C17H17N3S/c1-11-6-15-16(7-12(11)2)20(10-19-15)9-13-4-3-5-14(8-13)17(18)21/h3-8,10H,9H2,1-2H3,(H2,18,21). The molecule has 106 valence electrons. The Bertz CT molecular complexity index is 833. The van der Waals surface area contributed by atoms with Crippen LogP contribution in [0, 0.1) is 13.8 Å². The van der Waals surface area contributed by atoms with E-state index in [2.05, 4.69) is 41.6 Å². The highest BCUT2D eigenvalue weighted by atomic mass is 32.1. The fourth-order valence-corrected chi connectivity index (χ4v) is 2.59. The highest BCUT2D eigenvalue weighted by molar-refractivity contribution is 7.80. The molecule has 0 aliphatic heterocycles. The van der Waals surface area contributed by atoms with E-state index < -0.39 is 0 Å². The SMILES string of the molecule is Cc1cc2ncn(Cc3cccc(C(N)=S)c3)c2cc1C.